The Kier molecular flexibility index (Phi) is 7.62. The lowest BCUT2D eigenvalue weighted by atomic mass is 10.2. The molecule has 2 aromatic rings. The van der Waals surface area contributed by atoms with E-state index in [0.717, 1.165) is 32.7 Å². The van der Waals surface area contributed by atoms with Crippen LogP contribution >= 0.6 is 11.6 Å². The van der Waals surface area contributed by atoms with Crippen molar-refractivity contribution in [1.82, 2.24) is 9.80 Å². The Morgan fingerprint density at radius 1 is 1.17 bits per heavy atom. The molecule has 1 aliphatic rings. The Hall–Kier alpha value is -2.68. The zero-order valence-corrected chi connectivity index (χ0v) is 17.5. The Morgan fingerprint density at radius 3 is 2.47 bits per heavy atom. The molecule has 30 heavy (non-hydrogen) atoms. The highest BCUT2D eigenvalue weighted by atomic mass is 35.5. The van der Waals surface area contributed by atoms with E-state index in [4.69, 9.17) is 16.3 Å². The summed E-state index contributed by atoms with van der Waals surface area (Å²) in [6, 6.07) is 13.0. The molecule has 0 aliphatic carbocycles. The minimum atomic E-state index is -0.465. The van der Waals surface area contributed by atoms with Crippen LogP contribution in [0.3, 0.4) is 0 Å². The number of piperazine rings is 1. The standard InChI is InChI=1S/C21H25ClN4O4/c1-16(21(27)23-17-6-8-18(9-7-17)26(28)29)25-12-10-24(11-13-25)14-15-30-20-5-3-2-4-19(20)22/h2-9,16H,10-15H2,1H3,(H,23,27). The van der Waals surface area contributed by atoms with Gasteiger partial charge in [0.05, 0.1) is 16.0 Å². The topological polar surface area (TPSA) is 87.9 Å². The normalized spacial score (nSPS) is 16.1. The first kappa shape index (κ1) is 22.0. The average molecular weight is 433 g/mol. The van der Waals surface area contributed by atoms with Gasteiger partial charge in [-0.05, 0) is 31.2 Å². The lowest BCUT2D eigenvalue weighted by Gasteiger charge is -2.37. The quantitative estimate of drug-likeness (QED) is 0.508. The van der Waals surface area contributed by atoms with Gasteiger partial charge < -0.3 is 10.1 Å². The van der Waals surface area contributed by atoms with Crippen molar-refractivity contribution >= 4 is 28.9 Å². The second-order valence-electron chi connectivity index (χ2n) is 7.13. The summed E-state index contributed by atoms with van der Waals surface area (Å²) in [6.07, 6.45) is 0. The number of non-ortho nitro benzene ring substituents is 1. The van der Waals surface area contributed by atoms with Gasteiger partial charge in [-0.15, -0.1) is 0 Å². The highest BCUT2D eigenvalue weighted by molar-refractivity contribution is 6.32. The van der Waals surface area contributed by atoms with Crippen molar-refractivity contribution in [2.45, 2.75) is 13.0 Å². The number of para-hydroxylation sites is 1. The van der Waals surface area contributed by atoms with Crippen LogP contribution in [0.4, 0.5) is 11.4 Å². The summed E-state index contributed by atoms with van der Waals surface area (Å²) in [5.41, 5.74) is 0.545. The van der Waals surface area contributed by atoms with Crippen LogP contribution in [-0.4, -0.2) is 66.0 Å². The van der Waals surface area contributed by atoms with Crippen LogP contribution < -0.4 is 10.1 Å². The second kappa shape index (κ2) is 10.4. The van der Waals surface area contributed by atoms with Crippen molar-refractivity contribution in [2.24, 2.45) is 0 Å². The van der Waals surface area contributed by atoms with E-state index in [1.165, 1.54) is 12.1 Å². The van der Waals surface area contributed by atoms with Gasteiger partial charge in [-0.25, -0.2) is 0 Å². The maximum atomic E-state index is 12.5. The molecule has 2 aromatic carbocycles. The summed E-state index contributed by atoms with van der Waals surface area (Å²) in [6.45, 7) is 6.48. The van der Waals surface area contributed by atoms with Crippen LogP contribution in [0.2, 0.25) is 5.02 Å². The molecule has 0 saturated carbocycles. The average Bonchev–Trinajstić information content (AvgIpc) is 2.75. The number of nitrogens with zero attached hydrogens (tertiary/aromatic N) is 3. The summed E-state index contributed by atoms with van der Waals surface area (Å²) in [7, 11) is 0. The molecular formula is C21H25ClN4O4. The number of hydrogen-bond acceptors (Lipinski definition) is 6. The number of ether oxygens (including phenoxy) is 1. The molecule has 1 amide bonds. The molecule has 8 nitrogen and oxygen atoms in total. The Labute approximate surface area is 180 Å². The molecule has 1 N–H and O–H groups in total. The van der Waals surface area contributed by atoms with Crippen molar-refractivity contribution < 1.29 is 14.5 Å². The van der Waals surface area contributed by atoms with Crippen molar-refractivity contribution in [2.75, 3.05) is 44.6 Å². The lowest BCUT2D eigenvalue weighted by Crippen LogP contribution is -2.53. The number of anilines is 1. The van der Waals surface area contributed by atoms with E-state index in [2.05, 4.69) is 15.1 Å². The van der Waals surface area contributed by atoms with Gasteiger partial charge in [0.25, 0.3) is 5.69 Å². The number of carbonyl (C=O) groups is 1. The summed E-state index contributed by atoms with van der Waals surface area (Å²) < 4.78 is 5.75. The number of benzene rings is 2. The van der Waals surface area contributed by atoms with Gasteiger partial charge in [0, 0.05) is 50.5 Å². The smallest absolute Gasteiger partial charge is 0.269 e. The molecule has 3 rings (SSSR count). The molecule has 1 atom stereocenters. The number of halogens is 1. The van der Waals surface area contributed by atoms with Crippen LogP contribution in [0.5, 0.6) is 5.75 Å². The lowest BCUT2D eigenvalue weighted by molar-refractivity contribution is -0.384. The zero-order valence-electron chi connectivity index (χ0n) is 16.8. The molecule has 1 fully saturated rings. The number of nitro benzene ring substituents is 1. The van der Waals surface area contributed by atoms with Crippen LogP contribution in [-0.2, 0) is 4.79 Å². The molecule has 0 aromatic heterocycles. The van der Waals surface area contributed by atoms with Gasteiger partial charge in [-0.3, -0.25) is 24.7 Å². The zero-order chi connectivity index (χ0) is 21.5. The fraction of sp³-hybridized carbons (Fsp3) is 0.381. The van der Waals surface area contributed by atoms with Crippen molar-refractivity contribution in [3.05, 3.63) is 63.7 Å². The molecule has 1 saturated heterocycles. The fourth-order valence-corrected chi connectivity index (χ4v) is 3.49. The van der Waals surface area contributed by atoms with E-state index >= 15 is 0 Å². The molecule has 160 valence electrons. The highest BCUT2D eigenvalue weighted by Crippen LogP contribution is 2.23. The Balaban J connectivity index is 1.40. The van der Waals surface area contributed by atoms with Gasteiger partial charge in [-0.1, -0.05) is 23.7 Å². The maximum absolute atomic E-state index is 12.5. The van der Waals surface area contributed by atoms with E-state index in [9.17, 15) is 14.9 Å². The van der Waals surface area contributed by atoms with Gasteiger partial charge in [-0.2, -0.15) is 0 Å². The van der Waals surface area contributed by atoms with Gasteiger partial charge in [0.2, 0.25) is 5.91 Å². The van der Waals surface area contributed by atoms with Gasteiger partial charge in [0.15, 0.2) is 0 Å². The van der Waals surface area contributed by atoms with Gasteiger partial charge >= 0.3 is 0 Å². The Morgan fingerprint density at radius 2 is 1.83 bits per heavy atom. The largest absolute Gasteiger partial charge is 0.491 e. The fourth-order valence-electron chi connectivity index (χ4n) is 3.30. The van der Waals surface area contributed by atoms with Gasteiger partial charge in [0.1, 0.15) is 12.4 Å². The first-order valence-corrected chi connectivity index (χ1v) is 10.2. The SMILES string of the molecule is CC(C(=O)Nc1ccc([N+](=O)[O-])cc1)N1CCN(CCOc2ccccc2Cl)CC1. The number of nitrogens with one attached hydrogen (secondary N) is 1. The van der Waals surface area contributed by atoms with Crippen LogP contribution in [0, 0.1) is 10.1 Å². The third-order valence-corrected chi connectivity index (χ3v) is 5.49. The summed E-state index contributed by atoms with van der Waals surface area (Å²) in [4.78, 5) is 27.2. The molecule has 0 spiro atoms. The summed E-state index contributed by atoms with van der Waals surface area (Å²) in [5.74, 6) is 0.564. The van der Waals surface area contributed by atoms with Crippen LogP contribution in [0.1, 0.15) is 6.92 Å². The molecule has 0 radical (unpaired) electrons. The monoisotopic (exact) mass is 432 g/mol. The van der Waals surface area contributed by atoms with E-state index < -0.39 is 4.92 Å². The molecule has 1 aliphatic heterocycles. The van der Waals surface area contributed by atoms with Crippen LogP contribution in [0.25, 0.3) is 0 Å². The Bertz CT molecular complexity index is 870. The first-order chi connectivity index (χ1) is 14.4. The molecule has 1 unspecified atom stereocenters. The highest BCUT2D eigenvalue weighted by Gasteiger charge is 2.25. The predicted octanol–water partition coefficient (Wildman–Crippen LogP) is 3.27. The number of hydrogen-bond donors (Lipinski definition) is 1. The van der Waals surface area contributed by atoms with Crippen molar-refractivity contribution in [3.8, 4) is 5.75 Å². The third kappa shape index (κ3) is 5.91. The number of rotatable bonds is 8. The molecular weight excluding hydrogens is 408 g/mol. The van der Waals surface area contributed by atoms with Crippen molar-refractivity contribution in [1.29, 1.82) is 0 Å². The van der Waals surface area contributed by atoms with Crippen molar-refractivity contribution in [3.63, 3.8) is 0 Å². The van der Waals surface area contributed by atoms with E-state index in [1.807, 2.05) is 25.1 Å². The molecule has 9 heteroatoms. The van der Waals surface area contributed by atoms with E-state index in [1.54, 1.807) is 18.2 Å². The summed E-state index contributed by atoms with van der Waals surface area (Å²) >= 11 is 6.10. The second-order valence-corrected chi connectivity index (χ2v) is 7.53. The maximum Gasteiger partial charge on any atom is 0.269 e. The minimum absolute atomic E-state index is 0.00400. The van der Waals surface area contributed by atoms with E-state index in [-0.39, 0.29) is 17.6 Å². The number of amides is 1. The number of carbonyl (C=O) groups excluding carboxylic acids is 1. The minimum Gasteiger partial charge on any atom is -0.491 e. The first-order valence-electron chi connectivity index (χ1n) is 9.83. The molecule has 0 bridgehead atoms. The third-order valence-electron chi connectivity index (χ3n) is 5.18. The predicted molar refractivity (Wildman–Crippen MR) is 116 cm³/mol. The van der Waals surface area contributed by atoms with E-state index in [0.29, 0.717) is 23.1 Å². The summed E-state index contributed by atoms with van der Waals surface area (Å²) in [5, 5.41) is 14.2. The van der Waals surface area contributed by atoms with Crippen LogP contribution in [0.15, 0.2) is 48.5 Å². The number of nitro groups is 1. The molecule has 1 heterocycles.